The minimum absolute atomic E-state index is 0.380. The second kappa shape index (κ2) is 7.22. The largest absolute Gasteiger partial charge is 0.383 e. The van der Waals surface area contributed by atoms with Crippen LogP contribution in [0.5, 0.6) is 0 Å². The van der Waals surface area contributed by atoms with Crippen molar-refractivity contribution in [3.05, 3.63) is 48.3 Å². The molecule has 0 fully saturated rings. The molecule has 0 amide bonds. The normalized spacial score (nSPS) is 12.8. The van der Waals surface area contributed by atoms with Gasteiger partial charge < -0.3 is 10.1 Å². The Hall–Kier alpha value is -1.65. The molecule has 2 aromatic rings. The van der Waals surface area contributed by atoms with E-state index < -0.39 is 0 Å². The Bertz CT molecular complexity index is 491. The van der Waals surface area contributed by atoms with Crippen molar-refractivity contribution in [1.82, 2.24) is 15.1 Å². The van der Waals surface area contributed by atoms with Crippen molar-refractivity contribution in [2.75, 3.05) is 13.7 Å². The fraction of sp³-hybridized carbons (Fsp3) is 0.438. The Morgan fingerprint density at radius 3 is 2.55 bits per heavy atom. The van der Waals surface area contributed by atoms with Crippen molar-refractivity contribution in [3.63, 3.8) is 0 Å². The van der Waals surface area contributed by atoms with Crippen molar-refractivity contribution < 1.29 is 4.74 Å². The maximum atomic E-state index is 5.25. The molecule has 1 N–H and O–H groups in total. The molecule has 20 heavy (non-hydrogen) atoms. The van der Waals surface area contributed by atoms with Crippen LogP contribution < -0.4 is 5.32 Å². The molecule has 108 valence electrons. The lowest BCUT2D eigenvalue weighted by Crippen LogP contribution is -2.37. The molecule has 0 saturated carbocycles. The fourth-order valence-corrected chi connectivity index (χ4v) is 2.10. The summed E-state index contributed by atoms with van der Waals surface area (Å²) in [6.07, 6.45) is 3.73. The Morgan fingerprint density at radius 2 is 2.00 bits per heavy atom. The molecule has 0 bridgehead atoms. The van der Waals surface area contributed by atoms with Crippen LogP contribution in [0.1, 0.15) is 19.4 Å². The highest BCUT2D eigenvalue weighted by Gasteiger charge is 2.12. The quantitative estimate of drug-likeness (QED) is 0.843. The number of aromatic nitrogens is 2. The highest BCUT2D eigenvalue weighted by atomic mass is 16.5. The molecule has 4 nitrogen and oxygen atoms in total. The maximum Gasteiger partial charge on any atom is 0.0645 e. The van der Waals surface area contributed by atoms with Gasteiger partial charge in [-0.3, -0.25) is 0 Å². The van der Waals surface area contributed by atoms with Gasteiger partial charge in [-0.15, -0.1) is 0 Å². The molecule has 0 aliphatic carbocycles. The van der Waals surface area contributed by atoms with Gasteiger partial charge in [-0.2, -0.15) is 5.10 Å². The van der Waals surface area contributed by atoms with Gasteiger partial charge in [0.2, 0.25) is 0 Å². The number of hydrogen-bond acceptors (Lipinski definition) is 3. The van der Waals surface area contributed by atoms with E-state index >= 15 is 0 Å². The first-order valence-electron chi connectivity index (χ1n) is 7.02. The van der Waals surface area contributed by atoms with Crippen LogP contribution in [-0.4, -0.2) is 29.5 Å². The molecule has 1 unspecified atom stereocenters. The number of methoxy groups -OCH3 is 1. The molecule has 0 aliphatic rings. The third-order valence-corrected chi connectivity index (χ3v) is 3.42. The van der Waals surface area contributed by atoms with Crippen LogP contribution in [0.25, 0.3) is 5.69 Å². The predicted molar refractivity (Wildman–Crippen MR) is 80.9 cm³/mol. The lowest BCUT2D eigenvalue weighted by molar-refractivity contribution is 0.146. The number of ether oxygens (including phenoxy) is 1. The highest BCUT2D eigenvalue weighted by molar-refractivity contribution is 5.33. The molecule has 2 rings (SSSR count). The minimum atomic E-state index is 0.380. The number of rotatable bonds is 7. The summed E-state index contributed by atoms with van der Waals surface area (Å²) in [5.74, 6) is 0.554. The molecule has 1 aromatic heterocycles. The van der Waals surface area contributed by atoms with Crippen molar-refractivity contribution in [3.8, 4) is 5.69 Å². The predicted octanol–water partition coefficient (Wildman–Crippen LogP) is 2.63. The minimum Gasteiger partial charge on any atom is -0.383 e. The van der Waals surface area contributed by atoms with E-state index in [4.69, 9.17) is 4.74 Å². The van der Waals surface area contributed by atoms with Gasteiger partial charge in [0.1, 0.15) is 0 Å². The number of hydrogen-bond donors (Lipinski definition) is 1. The third-order valence-electron chi connectivity index (χ3n) is 3.42. The van der Waals surface area contributed by atoms with Crippen LogP contribution in [0.2, 0.25) is 0 Å². The lowest BCUT2D eigenvalue weighted by atomic mass is 10.0. The molecule has 4 heteroatoms. The molecule has 0 saturated heterocycles. The average molecular weight is 273 g/mol. The van der Waals surface area contributed by atoms with Crippen molar-refractivity contribution in [2.24, 2.45) is 5.92 Å². The summed E-state index contributed by atoms with van der Waals surface area (Å²) < 4.78 is 7.11. The molecule has 1 aromatic carbocycles. The molecule has 1 heterocycles. The van der Waals surface area contributed by atoms with Crippen molar-refractivity contribution in [2.45, 2.75) is 26.4 Å². The van der Waals surface area contributed by atoms with Crippen LogP contribution in [0.3, 0.4) is 0 Å². The van der Waals surface area contributed by atoms with E-state index in [0.29, 0.717) is 12.0 Å². The first-order chi connectivity index (χ1) is 9.70. The SMILES string of the molecule is COCC(NCc1ccc(-n2cccn2)cc1)C(C)C. The van der Waals surface area contributed by atoms with Gasteiger partial charge in [0.25, 0.3) is 0 Å². The van der Waals surface area contributed by atoms with Crippen LogP contribution >= 0.6 is 0 Å². The summed E-state index contributed by atoms with van der Waals surface area (Å²) in [6.45, 7) is 6.00. The van der Waals surface area contributed by atoms with Crippen molar-refractivity contribution >= 4 is 0 Å². The average Bonchev–Trinajstić information content (AvgIpc) is 2.98. The third kappa shape index (κ3) is 3.92. The van der Waals surface area contributed by atoms with E-state index in [9.17, 15) is 0 Å². The molecular formula is C16H23N3O. The molecule has 0 spiro atoms. The van der Waals surface area contributed by atoms with Crippen LogP contribution in [-0.2, 0) is 11.3 Å². The topological polar surface area (TPSA) is 39.1 Å². The van der Waals surface area contributed by atoms with E-state index in [-0.39, 0.29) is 0 Å². The molecule has 1 atom stereocenters. The fourth-order valence-electron chi connectivity index (χ4n) is 2.10. The lowest BCUT2D eigenvalue weighted by Gasteiger charge is -2.21. The zero-order valence-electron chi connectivity index (χ0n) is 12.4. The van der Waals surface area contributed by atoms with Crippen LogP contribution in [0.4, 0.5) is 0 Å². The van der Waals surface area contributed by atoms with Gasteiger partial charge in [0.15, 0.2) is 0 Å². The van der Waals surface area contributed by atoms with Gasteiger partial charge in [0.05, 0.1) is 12.3 Å². The second-order valence-corrected chi connectivity index (χ2v) is 5.30. The maximum absolute atomic E-state index is 5.25. The van der Waals surface area contributed by atoms with Crippen LogP contribution in [0, 0.1) is 5.92 Å². The molecular weight excluding hydrogens is 250 g/mol. The standard InChI is InChI=1S/C16H23N3O/c1-13(2)16(12-20-3)17-11-14-5-7-15(8-6-14)19-10-4-9-18-19/h4-10,13,16-17H,11-12H2,1-3H3. The monoisotopic (exact) mass is 273 g/mol. The number of nitrogens with one attached hydrogen (secondary N) is 1. The summed E-state index contributed by atoms with van der Waals surface area (Å²) in [5.41, 5.74) is 2.35. The Labute approximate surface area is 120 Å². The van der Waals surface area contributed by atoms with Gasteiger partial charge in [-0.05, 0) is 29.7 Å². The first-order valence-corrected chi connectivity index (χ1v) is 7.02. The van der Waals surface area contributed by atoms with Crippen molar-refractivity contribution in [1.29, 1.82) is 0 Å². The van der Waals surface area contributed by atoms with E-state index in [1.165, 1.54) is 5.56 Å². The summed E-state index contributed by atoms with van der Waals surface area (Å²) in [4.78, 5) is 0. The highest BCUT2D eigenvalue weighted by Crippen LogP contribution is 2.10. The summed E-state index contributed by atoms with van der Waals surface area (Å²) >= 11 is 0. The van der Waals surface area contributed by atoms with Gasteiger partial charge in [0, 0.05) is 32.1 Å². The van der Waals surface area contributed by atoms with E-state index in [1.54, 1.807) is 13.3 Å². The zero-order valence-corrected chi connectivity index (χ0v) is 12.4. The Balaban J connectivity index is 1.93. The molecule has 0 aliphatic heterocycles. The summed E-state index contributed by atoms with van der Waals surface area (Å²) in [5, 5.41) is 7.77. The summed E-state index contributed by atoms with van der Waals surface area (Å²) in [6, 6.07) is 10.7. The number of nitrogens with zero attached hydrogens (tertiary/aromatic N) is 2. The van der Waals surface area contributed by atoms with Crippen LogP contribution in [0.15, 0.2) is 42.7 Å². The van der Waals surface area contributed by atoms with E-state index in [0.717, 1.165) is 18.8 Å². The molecule has 0 radical (unpaired) electrons. The van der Waals surface area contributed by atoms with Gasteiger partial charge >= 0.3 is 0 Å². The second-order valence-electron chi connectivity index (χ2n) is 5.30. The Morgan fingerprint density at radius 1 is 1.25 bits per heavy atom. The van der Waals surface area contributed by atoms with E-state index in [1.807, 2.05) is 16.9 Å². The van der Waals surface area contributed by atoms with E-state index in [2.05, 4.69) is 48.5 Å². The zero-order chi connectivity index (χ0) is 14.4. The Kier molecular flexibility index (Phi) is 5.32. The summed E-state index contributed by atoms with van der Waals surface area (Å²) in [7, 11) is 1.75. The first kappa shape index (κ1) is 14.8. The van der Waals surface area contributed by atoms with Gasteiger partial charge in [-0.1, -0.05) is 26.0 Å². The van der Waals surface area contributed by atoms with Gasteiger partial charge in [-0.25, -0.2) is 4.68 Å². The smallest absolute Gasteiger partial charge is 0.0645 e. The number of benzene rings is 1.